The molecule has 2 unspecified atom stereocenters. The predicted molar refractivity (Wildman–Crippen MR) is 277 cm³/mol. The number of likely N-dealkylation sites (N-methyl/N-ethyl adjacent to an activating group) is 1. The molecule has 0 aliphatic heterocycles. The quantitative estimate of drug-likeness (QED) is 0.0197. The van der Waals surface area contributed by atoms with Crippen LogP contribution in [0.25, 0.3) is 0 Å². The normalized spacial score (nSPS) is 13.9. The molecule has 0 saturated heterocycles. The zero-order valence-corrected chi connectivity index (χ0v) is 44.3. The molecule has 0 fully saturated rings. The highest BCUT2D eigenvalue weighted by Gasteiger charge is 2.20. The molecule has 0 radical (unpaired) electrons. The van der Waals surface area contributed by atoms with Gasteiger partial charge in [0.25, 0.3) is 7.82 Å². The van der Waals surface area contributed by atoms with Crippen molar-refractivity contribution in [3.8, 4) is 0 Å². The number of ether oxygens (including phenoxy) is 2. The van der Waals surface area contributed by atoms with Gasteiger partial charge in [0.2, 0.25) is 0 Å². The molecule has 0 aromatic rings. The summed E-state index contributed by atoms with van der Waals surface area (Å²) in [6.07, 6.45) is 61.5. The molecular formula is C56H106NO7P. The standard InChI is InChI=1S/C56H106NO7P/c1-6-8-10-12-14-16-18-20-22-24-26-27-28-29-30-31-32-33-35-37-39-41-43-45-47-49-56(58)64-55(54-63-65(59,60)62-52-50-57(3,4)5)53-61-51-48-46-44-42-40-38-36-34-25-23-21-19-17-15-13-11-9-7-2/h9,11,15,17,21,23,34,36,55H,6-8,10,12-14,16,18-20,22,24-33,35,37-54H2,1-5H3/b11-9-,17-15-,23-21-,36-34-. The first-order chi connectivity index (χ1) is 31.6. The number of esters is 1. The van der Waals surface area contributed by atoms with E-state index in [-0.39, 0.29) is 25.8 Å². The summed E-state index contributed by atoms with van der Waals surface area (Å²) in [5, 5.41) is 0. The topological polar surface area (TPSA) is 94.1 Å². The molecule has 65 heavy (non-hydrogen) atoms. The van der Waals surface area contributed by atoms with Crippen molar-refractivity contribution in [1.82, 2.24) is 0 Å². The van der Waals surface area contributed by atoms with E-state index < -0.39 is 13.9 Å². The highest BCUT2D eigenvalue weighted by molar-refractivity contribution is 7.45. The number of phosphoric ester groups is 1. The molecule has 0 amide bonds. The number of phosphoric acid groups is 1. The van der Waals surface area contributed by atoms with Crippen LogP contribution in [0.1, 0.15) is 245 Å². The third-order valence-corrected chi connectivity index (χ3v) is 12.9. The van der Waals surface area contributed by atoms with E-state index in [1.165, 1.54) is 154 Å². The Morgan fingerprint density at radius 1 is 0.492 bits per heavy atom. The molecule has 0 aliphatic carbocycles. The molecule has 0 aromatic carbocycles. The van der Waals surface area contributed by atoms with Crippen molar-refractivity contribution in [2.24, 2.45) is 0 Å². The largest absolute Gasteiger partial charge is 0.756 e. The van der Waals surface area contributed by atoms with Crippen molar-refractivity contribution in [3.63, 3.8) is 0 Å². The van der Waals surface area contributed by atoms with E-state index >= 15 is 0 Å². The van der Waals surface area contributed by atoms with E-state index in [0.717, 1.165) is 70.6 Å². The van der Waals surface area contributed by atoms with Gasteiger partial charge in [0.1, 0.15) is 19.3 Å². The summed E-state index contributed by atoms with van der Waals surface area (Å²) in [6, 6.07) is 0. The Morgan fingerprint density at radius 3 is 1.34 bits per heavy atom. The van der Waals surface area contributed by atoms with E-state index in [4.69, 9.17) is 18.5 Å². The maximum Gasteiger partial charge on any atom is 0.306 e. The van der Waals surface area contributed by atoms with Gasteiger partial charge in [-0.2, -0.15) is 0 Å². The van der Waals surface area contributed by atoms with Gasteiger partial charge >= 0.3 is 5.97 Å². The van der Waals surface area contributed by atoms with Crippen LogP contribution in [-0.2, 0) is 27.9 Å². The first-order valence-electron chi connectivity index (χ1n) is 27.4. The third kappa shape index (κ3) is 53.3. The summed E-state index contributed by atoms with van der Waals surface area (Å²) in [6.45, 7) is 5.29. The van der Waals surface area contributed by atoms with E-state index in [2.05, 4.69) is 62.5 Å². The van der Waals surface area contributed by atoms with Crippen LogP contribution in [-0.4, -0.2) is 70.7 Å². The number of carbonyl (C=O) groups excluding carboxylic acids is 1. The fraction of sp³-hybridized carbons (Fsp3) is 0.839. The lowest BCUT2D eigenvalue weighted by Gasteiger charge is -2.28. The summed E-state index contributed by atoms with van der Waals surface area (Å²) < 4.78 is 34.8. The van der Waals surface area contributed by atoms with Crippen LogP contribution in [0.2, 0.25) is 0 Å². The first-order valence-corrected chi connectivity index (χ1v) is 28.8. The minimum absolute atomic E-state index is 0.0221. The molecule has 0 N–H and O–H groups in total. The van der Waals surface area contributed by atoms with Crippen molar-refractivity contribution in [3.05, 3.63) is 48.6 Å². The predicted octanol–water partition coefficient (Wildman–Crippen LogP) is 16.4. The highest BCUT2D eigenvalue weighted by atomic mass is 31.2. The summed E-state index contributed by atoms with van der Waals surface area (Å²) in [7, 11) is 1.35. The molecular weight excluding hydrogens is 830 g/mol. The van der Waals surface area contributed by atoms with Crippen LogP contribution in [0.15, 0.2) is 48.6 Å². The molecule has 0 bridgehead atoms. The molecule has 8 nitrogen and oxygen atoms in total. The van der Waals surface area contributed by atoms with Crippen molar-refractivity contribution in [2.45, 2.75) is 251 Å². The smallest absolute Gasteiger partial charge is 0.306 e. The van der Waals surface area contributed by atoms with Crippen molar-refractivity contribution in [2.75, 3.05) is 54.1 Å². The Labute approximate surface area is 403 Å². The number of nitrogens with zero attached hydrogens (tertiary/aromatic N) is 1. The lowest BCUT2D eigenvalue weighted by Crippen LogP contribution is -2.37. The second-order valence-corrected chi connectivity index (χ2v) is 21.0. The number of quaternary nitrogens is 1. The van der Waals surface area contributed by atoms with Crippen LogP contribution in [0.5, 0.6) is 0 Å². The Hall–Kier alpha value is -1.54. The Kier molecular flexibility index (Phi) is 47.7. The lowest BCUT2D eigenvalue weighted by atomic mass is 10.0. The zero-order chi connectivity index (χ0) is 47.6. The van der Waals surface area contributed by atoms with Gasteiger partial charge in [-0.1, -0.05) is 236 Å². The molecule has 0 aromatic heterocycles. The minimum atomic E-state index is -4.54. The SMILES string of the molecule is CC/C=C\C/C=C\C/C=C\C/C=C\CCCCCCCOCC(COP(=O)([O-])OCC[N+](C)(C)C)OC(=O)CCCCCCCCCCCCCCCCCCCCCCCCCCC. The molecule has 0 heterocycles. The number of unbranched alkanes of at least 4 members (excludes halogenated alkanes) is 29. The molecule has 0 rings (SSSR count). The van der Waals surface area contributed by atoms with Crippen molar-refractivity contribution in [1.29, 1.82) is 0 Å². The summed E-state index contributed by atoms with van der Waals surface area (Å²) >= 11 is 0. The zero-order valence-electron chi connectivity index (χ0n) is 43.4. The van der Waals surface area contributed by atoms with E-state index in [1.807, 2.05) is 21.1 Å². The van der Waals surface area contributed by atoms with Gasteiger partial charge in [-0.3, -0.25) is 9.36 Å². The average Bonchev–Trinajstić information content (AvgIpc) is 3.27. The van der Waals surface area contributed by atoms with Crippen molar-refractivity contribution < 1.29 is 37.3 Å². The lowest BCUT2D eigenvalue weighted by molar-refractivity contribution is -0.870. The average molecular weight is 936 g/mol. The second-order valence-electron chi connectivity index (χ2n) is 19.6. The van der Waals surface area contributed by atoms with Crippen LogP contribution in [0.3, 0.4) is 0 Å². The summed E-state index contributed by atoms with van der Waals surface area (Å²) in [5.41, 5.74) is 0. The Morgan fingerprint density at radius 2 is 0.892 bits per heavy atom. The fourth-order valence-electron chi connectivity index (χ4n) is 7.72. The van der Waals surface area contributed by atoms with E-state index in [9.17, 15) is 14.3 Å². The maximum atomic E-state index is 12.8. The number of rotatable bonds is 51. The van der Waals surface area contributed by atoms with Crippen LogP contribution < -0.4 is 4.89 Å². The van der Waals surface area contributed by atoms with Gasteiger partial charge in [0, 0.05) is 13.0 Å². The second kappa shape index (κ2) is 48.9. The number of hydrogen-bond acceptors (Lipinski definition) is 7. The van der Waals surface area contributed by atoms with Gasteiger partial charge in [0.15, 0.2) is 0 Å². The number of carbonyl (C=O) groups is 1. The number of allylic oxidation sites excluding steroid dienone is 8. The maximum absolute atomic E-state index is 12.8. The molecule has 0 spiro atoms. The Bertz CT molecular complexity index is 1180. The molecule has 382 valence electrons. The van der Waals surface area contributed by atoms with Gasteiger partial charge < -0.3 is 27.9 Å². The van der Waals surface area contributed by atoms with E-state index in [1.54, 1.807) is 0 Å². The van der Waals surface area contributed by atoms with Gasteiger partial charge in [-0.15, -0.1) is 0 Å². The van der Waals surface area contributed by atoms with E-state index in [0.29, 0.717) is 24.1 Å². The van der Waals surface area contributed by atoms with Crippen molar-refractivity contribution >= 4 is 13.8 Å². The first kappa shape index (κ1) is 63.5. The summed E-state index contributed by atoms with van der Waals surface area (Å²) in [5.74, 6) is -0.337. The monoisotopic (exact) mass is 936 g/mol. The van der Waals surface area contributed by atoms with Gasteiger partial charge in [-0.25, -0.2) is 0 Å². The Balaban J connectivity index is 4.08. The van der Waals surface area contributed by atoms with Gasteiger partial charge in [0.05, 0.1) is 34.4 Å². The molecule has 0 saturated carbocycles. The molecule has 2 atom stereocenters. The van der Waals surface area contributed by atoms with Crippen LogP contribution >= 0.6 is 7.82 Å². The minimum Gasteiger partial charge on any atom is -0.756 e. The third-order valence-electron chi connectivity index (χ3n) is 11.9. The molecule has 0 aliphatic rings. The fourth-order valence-corrected chi connectivity index (χ4v) is 8.45. The van der Waals surface area contributed by atoms with Crippen LogP contribution in [0, 0.1) is 0 Å². The van der Waals surface area contributed by atoms with Gasteiger partial charge in [-0.05, 0) is 51.4 Å². The van der Waals surface area contributed by atoms with Crippen LogP contribution in [0.4, 0.5) is 0 Å². The molecule has 9 heteroatoms. The highest BCUT2D eigenvalue weighted by Crippen LogP contribution is 2.38. The number of hydrogen-bond donors (Lipinski definition) is 0. The summed E-state index contributed by atoms with van der Waals surface area (Å²) in [4.78, 5) is 25.2.